The molecule has 0 spiro atoms. The lowest BCUT2D eigenvalue weighted by molar-refractivity contribution is 0.252. The second-order valence-corrected chi connectivity index (χ2v) is 7.50. The van der Waals surface area contributed by atoms with E-state index in [-0.39, 0.29) is 12.1 Å². The summed E-state index contributed by atoms with van der Waals surface area (Å²) < 4.78 is 0. The first-order valence-corrected chi connectivity index (χ1v) is 10.0. The number of anilines is 2. The van der Waals surface area contributed by atoms with Crippen LogP contribution in [-0.2, 0) is 6.42 Å². The molecule has 1 N–H and O–H groups in total. The van der Waals surface area contributed by atoms with Crippen molar-refractivity contribution in [1.82, 2.24) is 30.2 Å². The fourth-order valence-corrected chi connectivity index (χ4v) is 4.05. The number of nitrogens with zero attached hydrogens (tertiary/aromatic N) is 7. The molecular weight excluding hydrogens is 380 g/mol. The molecule has 152 valence electrons. The smallest absolute Gasteiger partial charge is 0.321 e. The van der Waals surface area contributed by atoms with E-state index in [1.807, 2.05) is 25.3 Å². The second kappa shape index (κ2) is 7.33. The van der Waals surface area contributed by atoms with E-state index in [0.29, 0.717) is 24.7 Å². The number of amides is 2. The molecule has 30 heavy (non-hydrogen) atoms. The molecule has 5 heterocycles. The van der Waals surface area contributed by atoms with Gasteiger partial charge in [0.1, 0.15) is 5.82 Å². The van der Waals surface area contributed by atoms with Gasteiger partial charge in [0.05, 0.1) is 17.4 Å². The van der Waals surface area contributed by atoms with E-state index in [2.05, 4.69) is 32.1 Å². The van der Waals surface area contributed by atoms with Crippen LogP contribution in [0.25, 0.3) is 11.6 Å². The summed E-state index contributed by atoms with van der Waals surface area (Å²) in [5.41, 5.74) is 3.85. The second-order valence-electron chi connectivity index (χ2n) is 7.50. The van der Waals surface area contributed by atoms with Crippen LogP contribution in [0.3, 0.4) is 0 Å². The molecule has 0 radical (unpaired) electrons. The Balaban J connectivity index is 1.46. The van der Waals surface area contributed by atoms with Crippen LogP contribution in [0.1, 0.15) is 29.9 Å². The maximum Gasteiger partial charge on any atom is 0.321 e. The van der Waals surface area contributed by atoms with Gasteiger partial charge >= 0.3 is 6.03 Å². The number of aryl methyl sites for hydroxylation is 1. The van der Waals surface area contributed by atoms with Gasteiger partial charge in [-0.15, -0.1) is 0 Å². The molecule has 9 nitrogen and oxygen atoms in total. The molecular formula is C21H22N8O. The Morgan fingerprint density at radius 2 is 1.90 bits per heavy atom. The van der Waals surface area contributed by atoms with Gasteiger partial charge in [0.2, 0.25) is 0 Å². The molecule has 0 bridgehead atoms. The maximum absolute atomic E-state index is 12.1. The molecule has 9 heteroatoms. The first kappa shape index (κ1) is 18.4. The van der Waals surface area contributed by atoms with Gasteiger partial charge in [-0.3, -0.25) is 4.90 Å². The molecule has 0 aliphatic carbocycles. The van der Waals surface area contributed by atoms with Crippen molar-refractivity contribution in [3.05, 3.63) is 53.7 Å². The fraction of sp³-hybridized carbons (Fsp3) is 0.333. The number of fused-ring (bicyclic) bond motifs is 1. The lowest BCUT2D eigenvalue weighted by atomic mass is 9.99. The molecule has 1 saturated heterocycles. The molecule has 1 fully saturated rings. The van der Waals surface area contributed by atoms with E-state index in [1.165, 1.54) is 0 Å². The number of hydrogen-bond donors (Lipinski definition) is 1. The molecule has 3 aromatic heterocycles. The number of carbonyl (C=O) groups excluding carboxylic acids is 1. The predicted molar refractivity (Wildman–Crippen MR) is 112 cm³/mol. The molecule has 2 aliphatic rings. The van der Waals surface area contributed by atoms with E-state index in [0.717, 1.165) is 41.4 Å². The Kier molecular flexibility index (Phi) is 4.50. The van der Waals surface area contributed by atoms with Gasteiger partial charge in [-0.1, -0.05) is 0 Å². The third-order valence-corrected chi connectivity index (χ3v) is 5.56. The van der Waals surface area contributed by atoms with Crippen molar-refractivity contribution in [3.8, 4) is 11.6 Å². The van der Waals surface area contributed by atoms with Crippen molar-refractivity contribution >= 4 is 17.5 Å². The first-order chi connectivity index (χ1) is 14.6. The molecule has 1 unspecified atom stereocenters. The van der Waals surface area contributed by atoms with E-state index in [4.69, 9.17) is 9.97 Å². The third kappa shape index (κ3) is 3.22. The number of rotatable bonds is 3. The van der Waals surface area contributed by atoms with Gasteiger partial charge in [-0.05, 0) is 26.0 Å². The molecule has 2 aliphatic heterocycles. The van der Waals surface area contributed by atoms with Crippen LogP contribution in [0.15, 0.2) is 36.8 Å². The van der Waals surface area contributed by atoms with Crippen molar-refractivity contribution < 1.29 is 4.79 Å². The van der Waals surface area contributed by atoms with Crippen LogP contribution < -0.4 is 15.1 Å². The summed E-state index contributed by atoms with van der Waals surface area (Å²) in [4.78, 5) is 38.6. The van der Waals surface area contributed by atoms with Gasteiger partial charge in [0, 0.05) is 62.0 Å². The highest BCUT2D eigenvalue weighted by atomic mass is 16.2. The summed E-state index contributed by atoms with van der Waals surface area (Å²) >= 11 is 0. The number of nitrogens with one attached hydrogen (secondary N) is 1. The quantitative estimate of drug-likeness (QED) is 0.717. The molecule has 3 aromatic rings. The van der Waals surface area contributed by atoms with Crippen LogP contribution in [0.2, 0.25) is 0 Å². The van der Waals surface area contributed by atoms with Crippen molar-refractivity contribution in [2.45, 2.75) is 26.3 Å². The maximum atomic E-state index is 12.1. The molecule has 0 saturated carbocycles. The van der Waals surface area contributed by atoms with Crippen LogP contribution in [0.5, 0.6) is 0 Å². The Morgan fingerprint density at radius 3 is 2.67 bits per heavy atom. The highest BCUT2D eigenvalue weighted by Gasteiger charge is 2.29. The Hall–Kier alpha value is -3.62. The van der Waals surface area contributed by atoms with E-state index >= 15 is 0 Å². The van der Waals surface area contributed by atoms with Crippen LogP contribution in [-0.4, -0.2) is 50.6 Å². The van der Waals surface area contributed by atoms with Crippen molar-refractivity contribution in [1.29, 1.82) is 0 Å². The monoisotopic (exact) mass is 402 g/mol. The topological polar surface area (TPSA) is 100 Å². The Bertz CT molecular complexity index is 1100. The van der Waals surface area contributed by atoms with Gasteiger partial charge in [0.25, 0.3) is 0 Å². The highest BCUT2D eigenvalue weighted by Crippen LogP contribution is 2.34. The van der Waals surface area contributed by atoms with Crippen LogP contribution in [0, 0.1) is 6.92 Å². The van der Waals surface area contributed by atoms with Crippen molar-refractivity contribution in [3.63, 3.8) is 0 Å². The zero-order chi connectivity index (χ0) is 20.7. The standard InChI is InChI=1S/C21H22N8O/c1-13-10-15(29-9-7-24-21(29)30)11-18(26-13)28-8-4-17-16(14(28)2)12-25-20(27-17)19-22-5-3-6-23-19/h3,5-6,10-12,14H,4,7-9H2,1-2H3,(H,24,30). The summed E-state index contributed by atoms with van der Waals surface area (Å²) in [6.45, 7) is 6.19. The lowest BCUT2D eigenvalue weighted by Crippen LogP contribution is -2.36. The first-order valence-electron chi connectivity index (χ1n) is 10.0. The predicted octanol–water partition coefficient (Wildman–Crippen LogP) is 2.29. The van der Waals surface area contributed by atoms with E-state index < -0.39 is 0 Å². The number of carbonyl (C=O) groups is 1. The zero-order valence-corrected chi connectivity index (χ0v) is 16.9. The van der Waals surface area contributed by atoms with Gasteiger partial charge in [-0.2, -0.15) is 0 Å². The average Bonchev–Trinajstić information content (AvgIpc) is 3.20. The lowest BCUT2D eigenvalue weighted by Gasteiger charge is -2.36. The fourth-order valence-electron chi connectivity index (χ4n) is 4.05. The zero-order valence-electron chi connectivity index (χ0n) is 16.9. The van der Waals surface area contributed by atoms with Gasteiger partial charge < -0.3 is 10.2 Å². The minimum Gasteiger partial charge on any atom is -0.349 e. The Morgan fingerprint density at radius 1 is 1.07 bits per heavy atom. The molecule has 2 amide bonds. The number of pyridine rings is 1. The average molecular weight is 402 g/mol. The molecule has 5 rings (SSSR count). The number of urea groups is 1. The Labute approximate surface area is 174 Å². The van der Waals surface area contributed by atoms with Gasteiger partial charge in [0.15, 0.2) is 11.6 Å². The highest BCUT2D eigenvalue weighted by molar-refractivity contribution is 5.94. The van der Waals surface area contributed by atoms with Crippen molar-refractivity contribution in [2.75, 3.05) is 29.4 Å². The van der Waals surface area contributed by atoms with Crippen LogP contribution >= 0.6 is 0 Å². The third-order valence-electron chi connectivity index (χ3n) is 5.56. The molecule has 0 aromatic carbocycles. The minimum atomic E-state index is -0.0624. The van der Waals surface area contributed by atoms with Gasteiger partial charge in [-0.25, -0.2) is 29.7 Å². The summed E-state index contributed by atoms with van der Waals surface area (Å²) in [6, 6.07) is 5.72. The summed E-state index contributed by atoms with van der Waals surface area (Å²) in [7, 11) is 0. The summed E-state index contributed by atoms with van der Waals surface area (Å²) in [6.07, 6.45) is 6.03. The number of aromatic nitrogens is 5. The van der Waals surface area contributed by atoms with E-state index in [9.17, 15) is 4.79 Å². The van der Waals surface area contributed by atoms with Crippen LogP contribution in [0.4, 0.5) is 16.3 Å². The number of hydrogen-bond acceptors (Lipinski definition) is 7. The largest absolute Gasteiger partial charge is 0.349 e. The minimum absolute atomic E-state index is 0.0624. The summed E-state index contributed by atoms with van der Waals surface area (Å²) in [5, 5.41) is 2.85. The normalized spacial score (nSPS) is 18.3. The molecule has 1 atom stereocenters. The SMILES string of the molecule is Cc1cc(N2CCNC2=O)cc(N2CCc3nc(-c4ncccn4)ncc3C2C)n1. The summed E-state index contributed by atoms with van der Waals surface area (Å²) in [5.74, 6) is 1.94. The van der Waals surface area contributed by atoms with E-state index in [1.54, 1.807) is 23.4 Å². The van der Waals surface area contributed by atoms with Crippen molar-refractivity contribution in [2.24, 2.45) is 0 Å².